The van der Waals surface area contributed by atoms with Crippen molar-refractivity contribution in [3.63, 3.8) is 0 Å². The van der Waals surface area contributed by atoms with Crippen LogP contribution in [0.3, 0.4) is 0 Å². The predicted octanol–water partition coefficient (Wildman–Crippen LogP) is 3.46. The van der Waals surface area contributed by atoms with E-state index in [1.165, 1.54) is 12.1 Å². The molecule has 0 aliphatic heterocycles. The van der Waals surface area contributed by atoms with Gasteiger partial charge in [-0.25, -0.2) is 4.79 Å². The third kappa shape index (κ3) is 3.75. The second-order valence-electron chi connectivity index (χ2n) is 3.95. The van der Waals surface area contributed by atoms with E-state index >= 15 is 0 Å². The van der Waals surface area contributed by atoms with E-state index in [0.29, 0.717) is 10.6 Å². The number of aromatic carboxylic acids is 1. The van der Waals surface area contributed by atoms with E-state index in [2.05, 4.69) is 15.9 Å². The SMILES string of the molecule is O=C(O)c1ccc(S(=O)Cc2cccc(Br)c2)cc1. The van der Waals surface area contributed by atoms with Gasteiger partial charge in [0.15, 0.2) is 0 Å². The Morgan fingerprint density at radius 3 is 2.42 bits per heavy atom. The van der Waals surface area contributed by atoms with Crippen molar-refractivity contribution in [2.24, 2.45) is 0 Å². The molecule has 0 aromatic heterocycles. The van der Waals surface area contributed by atoms with Crippen molar-refractivity contribution >= 4 is 32.7 Å². The number of hydrogen-bond acceptors (Lipinski definition) is 2. The summed E-state index contributed by atoms with van der Waals surface area (Å²) in [7, 11) is -1.18. The van der Waals surface area contributed by atoms with Gasteiger partial charge in [-0.3, -0.25) is 4.21 Å². The number of halogens is 1. The first-order valence-electron chi connectivity index (χ1n) is 5.52. The van der Waals surface area contributed by atoms with Gasteiger partial charge >= 0.3 is 5.97 Å². The molecular formula is C14H11BrO3S. The summed E-state index contributed by atoms with van der Waals surface area (Å²) in [5, 5.41) is 8.80. The van der Waals surface area contributed by atoms with Gasteiger partial charge in [0.1, 0.15) is 0 Å². The Morgan fingerprint density at radius 2 is 1.84 bits per heavy atom. The molecule has 5 heteroatoms. The van der Waals surface area contributed by atoms with Crippen molar-refractivity contribution in [3.05, 3.63) is 64.1 Å². The molecule has 1 unspecified atom stereocenters. The number of carboxylic acids is 1. The summed E-state index contributed by atoms with van der Waals surface area (Å²) in [4.78, 5) is 11.4. The van der Waals surface area contributed by atoms with Crippen LogP contribution in [0.15, 0.2) is 57.9 Å². The Balaban J connectivity index is 2.14. The molecule has 2 aromatic rings. The molecule has 0 heterocycles. The van der Waals surface area contributed by atoms with Gasteiger partial charge in [0, 0.05) is 9.37 Å². The molecule has 0 amide bonds. The quantitative estimate of drug-likeness (QED) is 0.928. The molecule has 0 saturated heterocycles. The lowest BCUT2D eigenvalue weighted by Crippen LogP contribution is -1.99. The largest absolute Gasteiger partial charge is 0.478 e. The molecule has 0 bridgehead atoms. The van der Waals surface area contributed by atoms with Crippen LogP contribution in [0.25, 0.3) is 0 Å². The number of rotatable bonds is 4. The lowest BCUT2D eigenvalue weighted by Gasteiger charge is -2.04. The molecule has 1 atom stereocenters. The van der Waals surface area contributed by atoms with Crippen LogP contribution in [0.1, 0.15) is 15.9 Å². The van der Waals surface area contributed by atoms with Crippen molar-refractivity contribution < 1.29 is 14.1 Å². The average molecular weight is 339 g/mol. The summed E-state index contributed by atoms with van der Waals surface area (Å²) < 4.78 is 13.1. The Labute approximate surface area is 121 Å². The monoisotopic (exact) mass is 338 g/mol. The normalized spacial score (nSPS) is 12.1. The average Bonchev–Trinajstić information content (AvgIpc) is 2.39. The van der Waals surface area contributed by atoms with E-state index in [4.69, 9.17) is 5.11 Å². The zero-order valence-corrected chi connectivity index (χ0v) is 12.3. The summed E-state index contributed by atoms with van der Waals surface area (Å²) in [5.74, 6) is -0.574. The van der Waals surface area contributed by atoms with Crippen LogP contribution in [0.2, 0.25) is 0 Å². The van der Waals surface area contributed by atoms with Crippen molar-refractivity contribution in [3.8, 4) is 0 Å². The summed E-state index contributed by atoms with van der Waals surface area (Å²) in [6, 6.07) is 13.8. The number of benzene rings is 2. The topological polar surface area (TPSA) is 54.4 Å². The summed E-state index contributed by atoms with van der Waals surface area (Å²) in [6.45, 7) is 0. The van der Waals surface area contributed by atoms with Gasteiger partial charge in [-0.15, -0.1) is 0 Å². The molecule has 0 spiro atoms. The molecule has 1 N–H and O–H groups in total. The first kappa shape index (κ1) is 14.0. The maximum atomic E-state index is 12.2. The minimum absolute atomic E-state index is 0.197. The Bertz CT molecular complexity index is 623. The van der Waals surface area contributed by atoms with Gasteiger partial charge in [-0.1, -0.05) is 28.1 Å². The van der Waals surface area contributed by atoms with Crippen LogP contribution in [-0.2, 0) is 16.6 Å². The summed E-state index contributed by atoms with van der Waals surface area (Å²) in [6.07, 6.45) is 0. The van der Waals surface area contributed by atoms with E-state index in [-0.39, 0.29) is 5.56 Å². The molecule has 0 fully saturated rings. The Kier molecular flexibility index (Phi) is 4.50. The lowest BCUT2D eigenvalue weighted by molar-refractivity contribution is 0.0697. The standard InChI is InChI=1S/C14H11BrO3S/c15-12-3-1-2-10(8-12)9-19(18)13-6-4-11(5-7-13)14(16)17/h1-8H,9H2,(H,16,17). The zero-order chi connectivity index (χ0) is 13.8. The molecule has 2 aromatic carbocycles. The fourth-order valence-corrected chi connectivity index (χ4v) is 3.15. The third-order valence-corrected chi connectivity index (χ3v) is 4.44. The Morgan fingerprint density at radius 1 is 1.16 bits per heavy atom. The highest BCUT2D eigenvalue weighted by Crippen LogP contribution is 2.17. The van der Waals surface area contributed by atoms with E-state index < -0.39 is 16.8 Å². The van der Waals surface area contributed by atoms with Crippen molar-refractivity contribution in [1.29, 1.82) is 0 Å². The fraction of sp³-hybridized carbons (Fsp3) is 0.0714. The zero-order valence-electron chi connectivity index (χ0n) is 9.88. The second kappa shape index (κ2) is 6.12. The van der Waals surface area contributed by atoms with E-state index in [1.54, 1.807) is 12.1 Å². The number of carbonyl (C=O) groups is 1. The number of hydrogen-bond donors (Lipinski definition) is 1. The first-order valence-corrected chi connectivity index (χ1v) is 7.63. The van der Waals surface area contributed by atoms with E-state index in [0.717, 1.165) is 10.0 Å². The Hall–Kier alpha value is -1.46. The molecule has 0 radical (unpaired) electrons. The highest BCUT2D eigenvalue weighted by Gasteiger charge is 2.07. The van der Waals surface area contributed by atoms with Gasteiger partial charge in [-0.05, 0) is 42.0 Å². The van der Waals surface area contributed by atoms with E-state index in [1.807, 2.05) is 24.3 Å². The van der Waals surface area contributed by atoms with Gasteiger partial charge in [0.25, 0.3) is 0 Å². The van der Waals surface area contributed by atoms with Gasteiger partial charge < -0.3 is 5.11 Å². The first-order chi connectivity index (χ1) is 9.06. The molecule has 0 saturated carbocycles. The van der Waals surface area contributed by atoms with Crippen LogP contribution in [-0.4, -0.2) is 15.3 Å². The molecule has 0 aliphatic rings. The minimum atomic E-state index is -1.18. The summed E-state index contributed by atoms with van der Waals surface area (Å²) in [5.41, 5.74) is 1.17. The smallest absolute Gasteiger partial charge is 0.335 e. The van der Waals surface area contributed by atoms with Gasteiger partial charge in [0.05, 0.1) is 22.1 Å². The van der Waals surface area contributed by atoms with Crippen LogP contribution < -0.4 is 0 Å². The minimum Gasteiger partial charge on any atom is -0.478 e. The number of carboxylic acid groups (broad SMARTS) is 1. The molecular weight excluding hydrogens is 328 g/mol. The summed E-state index contributed by atoms with van der Waals surface area (Å²) >= 11 is 3.37. The maximum absolute atomic E-state index is 12.2. The van der Waals surface area contributed by atoms with Crippen LogP contribution in [0.4, 0.5) is 0 Å². The second-order valence-corrected chi connectivity index (χ2v) is 6.32. The van der Waals surface area contributed by atoms with E-state index in [9.17, 15) is 9.00 Å². The highest BCUT2D eigenvalue weighted by atomic mass is 79.9. The molecule has 3 nitrogen and oxygen atoms in total. The molecule has 0 aliphatic carbocycles. The van der Waals surface area contributed by atoms with Gasteiger partial charge in [0.2, 0.25) is 0 Å². The fourth-order valence-electron chi connectivity index (χ4n) is 1.61. The van der Waals surface area contributed by atoms with Crippen molar-refractivity contribution in [2.75, 3.05) is 0 Å². The molecule has 19 heavy (non-hydrogen) atoms. The van der Waals surface area contributed by atoms with Crippen molar-refractivity contribution in [2.45, 2.75) is 10.6 Å². The third-order valence-electron chi connectivity index (χ3n) is 2.55. The van der Waals surface area contributed by atoms with Crippen LogP contribution >= 0.6 is 15.9 Å². The maximum Gasteiger partial charge on any atom is 0.335 e. The van der Waals surface area contributed by atoms with Crippen LogP contribution in [0.5, 0.6) is 0 Å². The molecule has 98 valence electrons. The van der Waals surface area contributed by atoms with Gasteiger partial charge in [-0.2, -0.15) is 0 Å². The highest BCUT2D eigenvalue weighted by molar-refractivity contribution is 9.10. The van der Waals surface area contributed by atoms with Crippen molar-refractivity contribution in [1.82, 2.24) is 0 Å². The predicted molar refractivity (Wildman–Crippen MR) is 77.7 cm³/mol. The molecule has 2 rings (SSSR count). The van der Waals surface area contributed by atoms with Crippen LogP contribution in [0, 0.1) is 0 Å². The lowest BCUT2D eigenvalue weighted by atomic mass is 10.2.